The van der Waals surface area contributed by atoms with Gasteiger partial charge in [-0.3, -0.25) is 0 Å². The Labute approximate surface area is 122 Å². The molecule has 0 saturated carbocycles. The van der Waals surface area contributed by atoms with Crippen molar-refractivity contribution in [2.45, 2.75) is 44.6 Å². The number of hydrogen-bond donors (Lipinski definition) is 1. The molecule has 1 fully saturated rings. The molecule has 1 unspecified atom stereocenters. The predicted octanol–water partition coefficient (Wildman–Crippen LogP) is 2.26. The highest BCUT2D eigenvalue weighted by molar-refractivity contribution is 7.89. The molecule has 0 bridgehead atoms. The fraction of sp³-hybridized carbons (Fsp3) is 0.600. The quantitative estimate of drug-likeness (QED) is 0.930. The van der Waals surface area contributed by atoms with Crippen molar-refractivity contribution in [2.75, 3.05) is 13.1 Å². The zero-order valence-electron chi connectivity index (χ0n) is 12.3. The van der Waals surface area contributed by atoms with Gasteiger partial charge in [0.1, 0.15) is 0 Å². The largest absolute Gasteiger partial charge is 0.326 e. The Morgan fingerprint density at radius 3 is 2.70 bits per heavy atom. The first-order valence-electron chi connectivity index (χ1n) is 7.25. The maximum Gasteiger partial charge on any atom is 0.243 e. The van der Waals surface area contributed by atoms with Crippen molar-refractivity contribution in [3.8, 4) is 0 Å². The van der Waals surface area contributed by atoms with Crippen molar-refractivity contribution in [1.29, 1.82) is 0 Å². The van der Waals surface area contributed by atoms with E-state index in [1.165, 1.54) is 0 Å². The second-order valence-corrected chi connectivity index (χ2v) is 7.67. The first-order valence-corrected chi connectivity index (χ1v) is 8.69. The number of sulfonamides is 1. The number of aryl methyl sites for hydroxylation is 1. The maximum atomic E-state index is 12.7. The molecule has 1 aromatic rings. The van der Waals surface area contributed by atoms with Gasteiger partial charge in [0.05, 0.1) is 4.90 Å². The second-order valence-electron chi connectivity index (χ2n) is 5.73. The lowest BCUT2D eigenvalue weighted by Crippen LogP contribution is -2.32. The van der Waals surface area contributed by atoms with Crippen molar-refractivity contribution < 1.29 is 8.42 Å². The van der Waals surface area contributed by atoms with Gasteiger partial charge in [-0.15, -0.1) is 0 Å². The summed E-state index contributed by atoms with van der Waals surface area (Å²) in [6, 6.07) is 5.24. The lowest BCUT2D eigenvalue weighted by Gasteiger charge is -2.20. The van der Waals surface area contributed by atoms with Crippen molar-refractivity contribution in [3.05, 3.63) is 29.3 Å². The van der Waals surface area contributed by atoms with E-state index >= 15 is 0 Å². The van der Waals surface area contributed by atoms with Crippen LogP contribution in [0.1, 0.15) is 37.3 Å². The van der Waals surface area contributed by atoms with Gasteiger partial charge in [0, 0.05) is 19.6 Å². The van der Waals surface area contributed by atoms with E-state index in [9.17, 15) is 8.42 Å². The highest BCUT2D eigenvalue weighted by atomic mass is 32.2. The molecule has 1 atom stereocenters. The topological polar surface area (TPSA) is 63.4 Å². The molecule has 20 heavy (non-hydrogen) atoms. The van der Waals surface area contributed by atoms with Crippen LogP contribution < -0.4 is 5.73 Å². The Morgan fingerprint density at radius 1 is 1.30 bits per heavy atom. The third kappa shape index (κ3) is 3.22. The molecular formula is C15H24N2O2S. The molecule has 112 valence electrons. The molecule has 1 aliphatic heterocycles. The summed E-state index contributed by atoms with van der Waals surface area (Å²) < 4.78 is 27.0. The zero-order chi connectivity index (χ0) is 14.8. The molecule has 2 rings (SSSR count). The van der Waals surface area contributed by atoms with Crippen molar-refractivity contribution in [3.63, 3.8) is 0 Å². The van der Waals surface area contributed by atoms with E-state index < -0.39 is 10.0 Å². The first-order chi connectivity index (χ1) is 9.45. The van der Waals surface area contributed by atoms with Gasteiger partial charge in [0.2, 0.25) is 10.0 Å². The fourth-order valence-corrected chi connectivity index (χ4v) is 4.26. The monoisotopic (exact) mass is 296 g/mol. The van der Waals surface area contributed by atoms with E-state index in [4.69, 9.17) is 5.73 Å². The van der Waals surface area contributed by atoms with Gasteiger partial charge in [0.15, 0.2) is 0 Å². The minimum Gasteiger partial charge on any atom is -0.326 e. The molecule has 1 heterocycles. The van der Waals surface area contributed by atoms with Crippen LogP contribution in [-0.4, -0.2) is 25.8 Å². The Balaban J connectivity index is 2.27. The summed E-state index contributed by atoms with van der Waals surface area (Å²) in [6.45, 7) is 5.79. The summed E-state index contributed by atoms with van der Waals surface area (Å²) >= 11 is 0. The van der Waals surface area contributed by atoms with Gasteiger partial charge < -0.3 is 5.73 Å². The zero-order valence-corrected chi connectivity index (χ0v) is 13.1. The van der Waals surface area contributed by atoms with Crippen molar-refractivity contribution >= 4 is 10.0 Å². The number of benzene rings is 1. The molecule has 1 aliphatic rings. The van der Waals surface area contributed by atoms with Crippen molar-refractivity contribution in [1.82, 2.24) is 4.31 Å². The summed E-state index contributed by atoms with van der Waals surface area (Å²) in [7, 11) is -3.36. The van der Waals surface area contributed by atoms with Crippen LogP contribution in [0.25, 0.3) is 0 Å². The molecule has 0 amide bonds. The average Bonchev–Trinajstić information content (AvgIpc) is 2.63. The molecule has 5 heteroatoms. The number of rotatable bonds is 3. The maximum absolute atomic E-state index is 12.7. The van der Waals surface area contributed by atoms with Crippen LogP contribution in [0.3, 0.4) is 0 Å². The van der Waals surface area contributed by atoms with Crippen molar-refractivity contribution in [2.24, 2.45) is 11.7 Å². The molecule has 2 N–H and O–H groups in total. The minimum atomic E-state index is -3.36. The van der Waals surface area contributed by atoms with Crippen LogP contribution >= 0.6 is 0 Å². The second kappa shape index (κ2) is 6.24. The molecule has 0 radical (unpaired) electrons. The lowest BCUT2D eigenvalue weighted by molar-refractivity contribution is 0.416. The molecule has 0 spiro atoms. The van der Waals surface area contributed by atoms with E-state index in [2.05, 4.69) is 6.92 Å². The Kier molecular flexibility index (Phi) is 4.83. The van der Waals surface area contributed by atoms with E-state index in [0.717, 1.165) is 30.4 Å². The first kappa shape index (κ1) is 15.5. The van der Waals surface area contributed by atoms with E-state index in [-0.39, 0.29) is 0 Å². The standard InChI is InChI=1S/C15H24N2O2S/c1-12-4-3-8-17(9-7-12)20(18,19)15-6-5-14(11-16)13(2)10-15/h5-6,10,12H,3-4,7-9,11,16H2,1-2H3. The number of hydrogen-bond acceptors (Lipinski definition) is 3. The van der Waals surface area contributed by atoms with Gasteiger partial charge in [-0.2, -0.15) is 4.31 Å². The molecular weight excluding hydrogens is 272 g/mol. The van der Waals surface area contributed by atoms with Gasteiger partial charge in [0.25, 0.3) is 0 Å². The van der Waals surface area contributed by atoms with Gasteiger partial charge in [-0.1, -0.05) is 13.0 Å². The summed E-state index contributed by atoms with van der Waals surface area (Å²) in [5, 5.41) is 0. The smallest absolute Gasteiger partial charge is 0.243 e. The summed E-state index contributed by atoms with van der Waals surface area (Å²) in [6.07, 6.45) is 3.00. The summed E-state index contributed by atoms with van der Waals surface area (Å²) in [4.78, 5) is 0.391. The summed E-state index contributed by atoms with van der Waals surface area (Å²) in [5.41, 5.74) is 7.56. The van der Waals surface area contributed by atoms with Gasteiger partial charge >= 0.3 is 0 Å². The highest BCUT2D eigenvalue weighted by Crippen LogP contribution is 2.24. The Morgan fingerprint density at radius 2 is 2.05 bits per heavy atom. The number of nitrogens with two attached hydrogens (primary N) is 1. The fourth-order valence-electron chi connectivity index (χ4n) is 2.68. The van der Waals surface area contributed by atoms with E-state index in [1.54, 1.807) is 16.4 Å². The van der Waals surface area contributed by atoms with E-state index in [0.29, 0.717) is 30.4 Å². The van der Waals surface area contributed by atoms with Crippen LogP contribution in [0.5, 0.6) is 0 Å². The van der Waals surface area contributed by atoms with Crippen LogP contribution in [0.2, 0.25) is 0 Å². The predicted molar refractivity (Wildman–Crippen MR) is 80.8 cm³/mol. The van der Waals surface area contributed by atoms with Gasteiger partial charge in [-0.25, -0.2) is 8.42 Å². The van der Waals surface area contributed by atoms with Crippen LogP contribution in [-0.2, 0) is 16.6 Å². The SMILES string of the molecule is Cc1cc(S(=O)(=O)N2CCCC(C)CC2)ccc1CN. The lowest BCUT2D eigenvalue weighted by atomic mass is 10.0. The van der Waals surface area contributed by atoms with E-state index in [1.807, 2.05) is 13.0 Å². The highest BCUT2D eigenvalue weighted by Gasteiger charge is 2.26. The Hall–Kier alpha value is -0.910. The Bertz CT molecular complexity index is 569. The third-order valence-corrected chi connectivity index (χ3v) is 6.04. The normalized spacial score (nSPS) is 21.6. The molecule has 1 aromatic carbocycles. The average molecular weight is 296 g/mol. The van der Waals surface area contributed by atoms with Crippen LogP contribution in [0, 0.1) is 12.8 Å². The molecule has 4 nitrogen and oxygen atoms in total. The van der Waals surface area contributed by atoms with Crippen LogP contribution in [0.4, 0.5) is 0 Å². The number of nitrogens with zero attached hydrogens (tertiary/aromatic N) is 1. The molecule has 1 saturated heterocycles. The van der Waals surface area contributed by atoms with Crippen LogP contribution in [0.15, 0.2) is 23.1 Å². The molecule has 0 aromatic heterocycles. The summed E-state index contributed by atoms with van der Waals surface area (Å²) in [5.74, 6) is 0.608. The minimum absolute atomic E-state index is 0.391. The van der Waals surface area contributed by atoms with Gasteiger partial charge in [-0.05, 0) is 55.4 Å². The molecule has 0 aliphatic carbocycles. The third-order valence-electron chi connectivity index (χ3n) is 4.15.